The lowest BCUT2D eigenvalue weighted by Gasteiger charge is -2.32. The Kier molecular flexibility index (Phi) is 5.74. The van der Waals surface area contributed by atoms with Gasteiger partial charge in [-0.3, -0.25) is 4.79 Å². The van der Waals surface area contributed by atoms with Gasteiger partial charge in [-0.05, 0) is 49.3 Å². The third-order valence-electron chi connectivity index (χ3n) is 4.83. The minimum absolute atomic E-state index is 0.0223. The smallest absolute Gasteiger partial charge is 0.256 e. The average Bonchev–Trinajstić information content (AvgIpc) is 2.67. The molecule has 1 amide bonds. The number of carbonyl (C=O) groups is 1. The van der Waals surface area contributed by atoms with Crippen LogP contribution in [0.2, 0.25) is 0 Å². The number of carbonyl (C=O) groups excluding carboxylic acids is 1. The van der Waals surface area contributed by atoms with Crippen LogP contribution >= 0.6 is 0 Å². The molecule has 1 aromatic heterocycles. The first kappa shape index (κ1) is 17.5. The predicted octanol–water partition coefficient (Wildman–Crippen LogP) is 3.66. The summed E-state index contributed by atoms with van der Waals surface area (Å²) in [7, 11) is 0. The van der Waals surface area contributed by atoms with E-state index in [1.54, 1.807) is 12.4 Å². The largest absolute Gasteiger partial charge is 0.338 e. The number of nitrogens with zero attached hydrogens (tertiary/aromatic N) is 3. The average molecular weight is 341 g/mol. The zero-order valence-corrected chi connectivity index (χ0v) is 14.6. The Bertz CT molecular complexity index is 700. The van der Waals surface area contributed by atoms with Crippen LogP contribution in [0.1, 0.15) is 47.9 Å². The van der Waals surface area contributed by atoms with Crippen molar-refractivity contribution in [2.45, 2.75) is 39.0 Å². The van der Waals surface area contributed by atoms with E-state index in [0.717, 1.165) is 56.6 Å². The Morgan fingerprint density at radius 3 is 2.64 bits per heavy atom. The molecule has 1 aliphatic heterocycles. The highest BCUT2D eigenvalue weighted by atomic mass is 19.1. The molecule has 1 aliphatic rings. The number of piperidine rings is 1. The fourth-order valence-corrected chi connectivity index (χ4v) is 3.34. The van der Waals surface area contributed by atoms with Crippen LogP contribution in [0.4, 0.5) is 4.39 Å². The molecule has 2 heterocycles. The van der Waals surface area contributed by atoms with E-state index in [0.29, 0.717) is 11.5 Å². The van der Waals surface area contributed by atoms with Crippen molar-refractivity contribution in [2.75, 3.05) is 13.1 Å². The number of halogens is 1. The highest BCUT2D eigenvalue weighted by molar-refractivity contribution is 5.93. The van der Waals surface area contributed by atoms with Crippen molar-refractivity contribution in [2.24, 2.45) is 5.92 Å². The van der Waals surface area contributed by atoms with Crippen LogP contribution in [-0.4, -0.2) is 33.9 Å². The summed E-state index contributed by atoms with van der Waals surface area (Å²) in [4.78, 5) is 23.0. The Labute approximate surface area is 148 Å². The number of rotatable bonds is 5. The molecular formula is C20H24FN3O. The van der Waals surface area contributed by atoms with Crippen molar-refractivity contribution in [3.05, 3.63) is 59.4 Å². The summed E-state index contributed by atoms with van der Waals surface area (Å²) >= 11 is 0. The molecule has 3 rings (SSSR count). The second-order valence-electron chi connectivity index (χ2n) is 6.67. The maximum atomic E-state index is 13.0. The van der Waals surface area contributed by atoms with E-state index >= 15 is 0 Å². The van der Waals surface area contributed by atoms with Crippen LogP contribution in [0.5, 0.6) is 0 Å². The van der Waals surface area contributed by atoms with E-state index in [1.807, 2.05) is 24.0 Å². The van der Waals surface area contributed by atoms with Crippen LogP contribution in [0.25, 0.3) is 0 Å². The second kappa shape index (κ2) is 8.19. The van der Waals surface area contributed by atoms with Crippen LogP contribution < -0.4 is 0 Å². The molecule has 1 fully saturated rings. The SMILES string of the molecule is CCc1ncc(C(=O)N2CCC[C@@H](CCc3ccc(F)cc3)C2)cn1. The fourth-order valence-electron chi connectivity index (χ4n) is 3.34. The molecule has 0 bridgehead atoms. The van der Waals surface area contributed by atoms with Gasteiger partial charge in [0.2, 0.25) is 0 Å². The normalized spacial score (nSPS) is 17.5. The molecule has 0 saturated carbocycles. The lowest BCUT2D eigenvalue weighted by molar-refractivity contribution is 0.0667. The summed E-state index contributed by atoms with van der Waals surface area (Å²) < 4.78 is 13.0. The fraction of sp³-hybridized carbons (Fsp3) is 0.450. The predicted molar refractivity (Wildman–Crippen MR) is 94.8 cm³/mol. The summed E-state index contributed by atoms with van der Waals surface area (Å²) in [5.74, 6) is 1.06. The van der Waals surface area contributed by atoms with Gasteiger partial charge in [0.05, 0.1) is 5.56 Å². The Morgan fingerprint density at radius 2 is 1.96 bits per heavy atom. The minimum Gasteiger partial charge on any atom is -0.338 e. The van der Waals surface area contributed by atoms with E-state index in [9.17, 15) is 9.18 Å². The quantitative estimate of drug-likeness (QED) is 0.834. The molecule has 1 saturated heterocycles. The Hall–Kier alpha value is -2.30. The van der Waals surface area contributed by atoms with Crippen molar-refractivity contribution < 1.29 is 9.18 Å². The van der Waals surface area contributed by atoms with Gasteiger partial charge in [0.1, 0.15) is 11.6 Å². The molecule has 1 atom stereocenters. The first-order chi connectivity index (χ1) is 12.2. The molecule has 2 aromatic rings. The number of aryl methyl sites for hydroxylation is 2. The molecule has 0 unspecified atom stereocenters. The van der Waals surface area contributed by atoms with E-state index in [-0.39, 0.29) is 11.7 Å². The van der Waals surface area contributed by atoms with Gasteiger partial charge in [-0.25, -0.2) is 14.4 Å². The van der Waals surface area contributed by atoms with E-state index in [4.69, 9.17) is 0 Å². The number of benzene rings is 1. The third kappa shape index (κ3) is 4.62. The monoisotopic (exact) mass is 341 g/mol. The summed E-state index contributed by atoms with van der Waals surface area (Å²) in [6.07, 6.45) is 8.13. The van der Waals surface area contributed by atoms with Crippen molar-refractivity contribution in [3.63, 3.8) is 0 Å². The van der Waals surface area contributed by atoms with Gasteiger partial charge >= 0.3 is 0 Å². The van der Waals surface area contributed by atoms with E-state index in [2.05, 4.69) is 9.97 Å². The number of likely N-dealkylation sites (tertiary alicyclic amines) is 1. The number of hydrogen-bond donors (Lipinski definition) is 0. The van der Waals surface area contributed by atoms with Crippen molar-refractivity contribution in [3.8, 4) is 0 Å². The highest BCUT2D eigenvalue weighted by Gasteiger charge is 2.24. The van der Waals surface area contributed by atoms with Gasteiger partial charge in [-0.2, -0.15) is 0 Å². The molecular weight excluding hydrogens is 317 g/mol. The number of amides is 1. The maximum absolute atomic E-state index is 13.0. The van der Waals surface area contributed by atoms with Crippen LogP contribution in [0.3, 0.4) is 0 Å². The number of aromatic nitrogens is 2. The Balaban J connectivity index is 1.56. The topological polar surface area (TPSA) is 46.1 Å². The molecule has 0 spiro atoms. The molecule has 1 aromatic carbocycles. The van der Waals surface area contributed by atoms with Crippen molar-refractivity contribution >= 4 is 5.91 Å². The summed E-state index contributed by atoms with van der Waals surface area (Å²) in [6, 6.07) is 6.69. The molecule has 25 heavy (non-hydrogen) atoms. The van der Waals surface area contributed by atoms with Crippen molar-refractivity contribution in [1.29, 1.82) is 0 Å². The van der Waals surface area contributed by atoms with Gasteiger partial charge in [0, 0.05) is 31.9 Å². The molecule has 132 valence electrons. The highest BCUT2D eigenvalue weighted by Crippen LogP contribution is 2.23. The van der Waals surface area contributed by atoms with E-state index in [1.165, 1.54) is 12.1 Å². The van der Waals surface area contributed by atoms with E-state index < -0.39 is 0 Å². The van der Waals surface area contributed by atoms with Gasteiger partial charge in [-0.1, -0.05) is 19.1 Å². The van der Waals surface area contributed by atoms with Gasteiger partial charge in [-0.15, -0.1) is 0 Å². The molecule has 5 heteroatoms. The summed E-state index contributed by atoms with van der Waals surface area (Å²) in [5, 5.41) is 0. The first-order valence-electron chi connectivity index (χ1n) is 9.00. The van der Waals surface area contributed by atoms with Crippen LogP contribution in [-0.2, 0) is 12.8 Å². The zero-order chi connectivity index (χ0) is 17.6. The standard InChI is InChI=1S/C20H24FN3O/c1-2-19-22-12-17(13-23-19)20(25)24-11-3-4-16(14-24)6-5-15-7-9-18(21)10-8-15/h7-10,12-13,16H,2-6,11,14H2,1H3/t16-/m0/s1. The third-order valence-corrected chi connectivity index (χ3v) is 4.83. The number of hydrogen-bond acceptors (Lipinski definition) is 3. The second-order valence-corrected chi connectivity index (χ2v) is 6.67. The van der Waals surface area contributed by atoms with Crippen LogP contribution in [0, 0.1) is 11.7 Å². The summed E-state index contributed by atoms with van der Waals surface area (Å²) in [6.45, 7) is 3.56. The van der Waals surface area contributed by atoms with Crippen LogP contribution in [0.15, 0.2) is 36.7 Å². The molecule has 0 radical (unpaired) electrons. The summed E-state index contributed by atoms with van der Waals surface area (Å²) in [5.41, 5.74) is 1.71. The zero-order valence-electron chi connectivity index (χ0n) is 14.6. The van der Waals surface area contributed by atoms with Gasteiger partial charge in [0.25, 0.3) is 5.91 Å². The molecule has 0 aliphatic carbocycles. The molecule has 4 nitrogen and oxygen atoms in total. The molecule has 0 N–H and O–H groups in total. The lowest BCUT2D eigenvalue weighted by Crippen LogP contribution is -2.40. The maximum Gasteiger partial charge on any atom is 0.256 e. The van der Waals surface area contributed by atoms with Gasteiger partial charge < -0.3 is 4.90 Å². The minimum atomic E-state index is -0.200. The van der Waals surface area contributed by atoms with Gasteiger partial charge in [0.15, 0.2) is 0 Å². The first-order valence-corrected chi connectivity index (χ1v) is 9.00. The Morgan fingerprint density at radius 1 is 1.24 bits per heavy atom. The van der Waals surface area contributed by atoms with Crippen molar-refractivity contribution in [1.82, 2.24) is 14.9 Å². The lowest BCUT2D eigenvalue weighted by atomic mass is 9.91.